The fourth-order valence-corrected chi connectivity index (χ4v) is 3.09. The van der Waals surface area contributed by atoms with Crippen LogP contribution in [0, 0.1) is 0 Å². The summed E-state index contributed by atoms with van der Waals surface area (Å²) in [4.78, 5) is 13.8. The fourth-order valence-electron chi connectivity index (χ4n) is 3.09. The van der Waals surface area contributed by atoms with E-state index in [-0.39, 0.29) is 6.04 Å². The molecule has 6 heteroatoms. The average molecular weight is 359 g/mol. The number of benzene rings is 2. The number of para-hydroxylation sites is 1. The van der Waals surface area contributed by atoms with Crippen LogP contribution in [0.1, 0.15) is 19.9 Å². The molecule has 0 atom stereocenters. The summed E-state index contributed by atoms with van der Waals surface area (Å²) < 4.78 is 7.40. The van der Waals surface area contributed by atoms with Crippen molar-refractivity contribution >= 4 is 22.7 Å². The number of imidazole rings is 1. The van der Waals surface area contributed by atoms with E-state index in [0.29, 0.717) is 5.82 Å². The lowest BCUT2D eigenvalue weighted by molar-refractivity contribution is 0.415. The number of rotatable bonds is 5. The van der Waals surface area contributed by atoms with Gasteiger partial charge in [-0.15, -0.1) is 0 Å². The van der Waals surface area contributed by atoms with Gasteiger partial charge in [-0.25, -0.2) is 15.0 Å². The van der Waals surface area contributed by atoms with Crippen LogP contribution in [0.15, 0.2) is 60.9 Å². The highest BCUT2D eigenvalue weighted by atomic mass is 16.5. The van der Waals surface area contributed by atoms with Gasteiger partial charge in [0.15, 0.2) is 17.0 Å². The Bertz CT molecular complexity index is 1060. The van der Waals surface area contributed by atoms with E-state index in [4.69, 9.17) is 9.72 Å². The largest absolute Gasteiger partial charge is 0.497 e. The molecular weight excluding hydrogens is 338 g/mol. The molecule has 4 rings (SSSR count). The normalized spacial score (nSPS) is 11.1. The number of fused-ring (bicyclic) bond motifs is 1. The van der Waals surface area contributed by atoms with Crippen LogP contribution in [0.5, 0.6) is 5.75 Å². The summed E-state index contributed by atoms with van der Waals surface area (Å²) in [5.74, 6) is 2.37. The van der Waals surface area contributed by atoms with Crippen molar-refractivity contribution in [3.8, 4) is 17.1 Å². The van der Waals surface area contributed by atoms with Crippen LogP contribution in [-0.4, -0.2) is 26.6 Å². The minimum Gasteiger partial charge on any atom is -0.497 e. The Morgan fingerprint density at radius 2 is 1.70 bits per heavy atom. The first kappa shape index (κ1) is 17.0. The van der Waals surface area contributed by atoms with E-state index in [9.17, 15) is 0 Å². The third-order valence-electron chi connectivity index (χ3n) is 4.38. The SMILES string of the molecule is COc1ccc(-c2nc3c(Nc4ccccc4)ncnc3n2C(C)C)cc1. The van der Waals surface area contributed by atoms with Crippen molar-refractivity contribution in [3.05, 3.63) is 60.9 Å². The van der Waals surface area contributed by atoms with Crippen molar-refractivity contribution in [1.82, 2.24) is 19.5 Å². The van der Waals surface area contributed by atoms with Gasteiger partial charge in [-0.2, -0.15) is 0 Å². The van der Waals surface area contributed by atoms with Crippen molar-refractivity contribution in [2.45, 2.75) is 19.9 Å². The molecule has 4 aromatic rings. The molecule has 0 amide bonds. The van der Waals surface area contributed by atoms with Gasteiger partial charge in [-0.3, -0.25) is 0 Å². The molecule has 0 aliphatic rings. The number of nitrogens with zero attached hydrogens (tertiary/aromatic N) is 4. The van der Waals surface area contributed by atoms with Crippen LogP contribution >= 0.6 is 0 Å². The van der Waals surface area contributed by atoms with Gasteiger partial charge in [0, 0.05) is 17.3 Å². The maximum absolute atomic E-state index is 5.27. The molecule has 0 aliphatic carbocycles. The summed E-state index contributed by atoms with van der Waals surface area (Å²) >= 11 is 0. The molecule has 0 unspecified atom stereocenters. The molecule has 136 valence electrons. The number of aromatic nitrogens is 4. The zero-order chi connectivity index (χ0) is 18.8. The van der Waals surface area contributed by atoms with Crippen molar-refractivity contribution in [2.24, 2.45) is 0 Å². The van der Waals surface area contributed by atoms with Gasteiger partial charge in [-0.05, 0) is 50.2 Å². The summed E-state index contributed by atoms with van der Waals surface area (Å²) in [6, 6.07) is 18.0. The molecule has 2 aromatic heterocycles. The lowest BCUT2D eigenvalue weighted by Crippen LogP contribution is -2.04. The number of nitrogens with one attached hydrogen (secondary N) is 1. The number of hydrogen-bond acceptors (Lipinski definition) is 5. The van der Waals surface area contributed by atoms with Crippen LogP contribution in [-0.2, 0) is 0 Å². The maximum Gasteiger partial charge on any atom is 0.166 e. The highest BCUT2D eigenvalue weighted by molar-refractivity contribution is 5.88. The Morgan fingerprint density at radius 3 is 2.37 bits per heavy atom. The van der Waals surface area contributed by atoms with E-state index in [0.717, 1.165) is 34.0 Å². The Morgan fingerprint density at radius 1 is 0.963 bits per heavy atom. The van der Waals surface area contributed by atoms with Crippen molar-refractivity contribution in [1.29, 1.82) is 0 Å². The third-order valence-corrected chi connectivity index (χ3v) is 4.38. The van der Waals surface area contributed by atoms with Crippen molar-refractivity contribution in [3.63, 3.8) is 0 Å². The van der Waals surface area contributed by atoms with Crippen LogP contribution in [0.2, 0.25) is 0 Å². The van der Waals surface area contributed by atoms with Gasteiger partial charge in [0.1, 0.15) is 17.9 Å². The van der Waals surface area contributed by atoms with Gasteiger partial charge in [-0.1, -0.05) is 18.2 Å². The Balaban J connectivity index is 1.86. The molecule has 0 saturated heterocycles. The first-order chi connectivity index (χ1) is 13.2. The van der Waals surface area contributed by atoms with Crippen molar-refractivity contribution < 1.29 is 4.74 Å². The molecule has 0 saturated carbocycles. The van der Waals surface area contributed by atoms with E-state index < -0.39 is 0 Å². The van der Waals surface area contributed by atoms with E-state index >= 15 is 0 Å². The monoisotopic (exact) mass is 359 g/mol. The predicted octanol–water partition coefficient (Wildman–Crippen LogP) is 4.83. The summed E-state index contributed by atoms with van der Waals surface area (Å²) in [7, 11) is 1.66. The lowest BCUT2D eigenvalue weighted by Gasteiger charge is -2.12. The molecule has 2 heterocycles. The molecule has 0 radical (unpaired) electrons. The molecule has 27 heavy (non-hydrogen) atoms. The smallest absolute Gasteiger partial charge is 0.166 e. The molecule has 1 N–H and O–H groups in total. The lowest BCUT2D eigenvalue weighted by atomic mass is 10.2. The highest BCUT2D eigenvalue weighted by Gasteiger charge is 2.19. The first-order valence-corrected chi connectivity index (χ1v) is 8.87. The van der Waals surface area contributed by atoms with Crippen LogP contribution in [0.25, 0.3) is 22.6 Å². The molecule has 0 spiro atoms. The second kappa shape index (κ2) is 7.07. The van der Waals surface area contributed by atoms with Crippen molar-refractivity contribution in [2.75, 3.05) is 12.4 Å². The average Bonchev–Trinajstić information content (AvgIpc) is 3.10. The first-order valence-electron chi connectivity index (χ1n) is 8.87. The Hall–Kier alpha value is -3.41. The predicted molar refractivity (Wildman–Crippen MR) is 107 cm³/mol. The summed E-state index contributed by atoms with van der Waals surface area (Å²) in [6.45, 7) is 4.25. The fraction of sp³-hybridized carbons (Fsp3) is 0.190. The molecule has 0 aliphatic heterocycles. The zero-order valence-electron chi connectivity index (χ0n) is 15.5. The molecule has 0 fully saturated rings. The molecule has 6 nitrogen and oxygen atoms in total. The highest BCUT2D eigenvalue weighted by Crippen LogP contribution is 2.31. The second-order valence-corrected chi connectivity index (χ2v) is 6.51. The van der Waals surface area contributed by atoms with Gasteiger partial charge in [0.25, 0.3) is 0 Å². The van der Waals surface area contributed by atoms with E-state index in [1.165, 1.54) is 0 Å². The van der Waals surface area contributed by atoms with Crippen LogP contribution in [0.3, 0.4) is 0 Å². The van der Waals surface area contributed by atoms with E-state index in [1.807, 2.05) is 54.6 Å². The molecule has 0 bridgehead atoms. The number of hydrogen-bond donors (Lipinski definition) is 1. The van der Waals surface area contributed by atoms with Gasteiger partial charge in [0.2, 0.25) is 0 Å². The van der Waals surface area contributed by atoms with Gasteiger partial charge >= 0.3 is 0 Å². The minimum atomic E-state index is 0.201. The maximum atomic E-state index is 5.27. The number of methoxy groups -OCH3 is 1. The standard InChI is InChI=1S/C21H21N5O/c1-14(2)26-20(15-9-11-17(27-3)12-10-15)25-18-19(22-13-23-21(18)26)24-16-7-5-4-6-8-16/h4-14H,1-3H3,(H,22,23,24). The molecular formula is C21H21N5O. The second-order valence-electron chi connectivity index (χ2n) is 6.51. The van der Waals surface area contributed by atoms with Crippen LogP contribution in [0.4, 0.5) is 11.5 Å². The zero-order valence-corrected chi connectivity index (χ0v) is 15.5. The van der Waals surface area contributed by atoms with Gasteiger partial charge < -0.3 is 14.6 Å². The summed E-state index contributed by atoms with van der Waals surface area (Å²) in [5.41, 5.74) is 3.53. The van der Waals surface area contributed by atoms with E-state index in [2.05, 4.69) is 33.7 Å². The quantitative estimate of drug-likeness (QED) is 0.553. The van der Waals surface area contributed by atoms with E-state index in [1.54, 1.807) is 13.4 Å². The molecule has 2 aromatic carbocycles. The number of ether oxygens (including phenoxy) is 1. The summed E-state index contributed by atoms with van der Waals surface area (Å²) in [6.07, 6.45) is 1.58. The number of anilines is 2. The topological polar surface area (TPSA) is 64.9 Å². The minimum absolute atomic E-state index is 0.201. The van der Waals surface area contributed by atoms with Gasteiger partial charge in [0.05, 0.1) is 7.11 Å². The third kappa shape index (κ3) is 3.21. The van der Waals surface area contributed by atoms with Crippen LogP contribution < -0.4 is 10.1 Å². The Labute approximate surface area is 157 Å². The Kier molecular flexibility index (Phi) is 4.46. The summed E-state index contributed by atoms with van der Waals surface area (Å²) in [5, 5.41) is 3.35.